The maximum Gasteiger partial charge on any atom is 0.336 e. The summed E-state index contributed by atoms with van der Waals surface area (Å²) in [5, 5.41) is 7.33. The molecule has 21 heavy (non-hydrogen) atoms. The first kappa shape index (κ1) is 13.4. The first-order valence-electron chi connectivity index (χ1n) is 6.66. The van der Waals surface area contributed by atoms with Crippen LogP contribution >= 0.6 is 0 Å². The van der Waals surface area contributed by atoms with Crippen LogP contribution in [-0.2, 0) is 13.2 Å². The van der Waals surface area contributed by atoms with Gasteiger partial charge < -0.3 is 14.5 Å². The molecule has 0 aliphatic rings. The second-order valence-electron chi connectivity index (χ2n) is 4.55. The summed E-state index contributed by atoms with van der Waals surface area (Å²) in [5.41, 5.74) is 2.02. The highest BCUT2D eigenvalue weighted by molar-refractivity contribution is 5.29. The van der Waals surface area contributed by atoms with Gasteiger partial charge in [-0.3, -0.25) is 0 Å². The molecule has 108 valence electrons. The highest BCUT2D eigenvalue weighted by Gasteiger charge is 2.06. The van der Waals surface area contributed by atoms with Crippen LogP contribution in [-0.4, -0.2) is 21.8 Å². The molecule has 0 fully saturated rings. The standard InChI is InChI=1S/C15H16N4O2/c1-16-8-12-7-14(20-9-12)10-21-15-17-11-19(18-15)13-5-3-2-4-6-13/h2-7,9,11,16H,8,10H2,1H3. The Morgan fingerprint density at radius 1 is 1.29 bits per heavy atom. The molecule has 0 bridgehead atoms. The van der Waals surface area contributed by atoms with E-state index in [4.69, 9.17) is 9.15 Å². The molecule has 3 aromatic rings. The predicted octanol–water partition coefficient (Wildman–Crippen LogP) is 2.16. The van der Waals surface area contributed by atoms with E-state index in [0.717, 1.165) is 23.6 Å². The Morgan fingerprint density at radius 3 is 2.95 bits per heavy atom. The quantitative estimate of drug-likeness (QED) is 0.751. The largest absolute Gasteiger partial charge is 0.465 e. The zero-order valence-corrected chi connectivity index (χ0v) is 11.7. The molecule has 1 N–H and O–H groups in total. The van der Waals surface area contributed by atoms with Gasteiger partial charge in [-0.25, -0.2) is 4.68 Å². The molecular weight excluding hydrogens is 268 g/mol. The zero-order chi connectivity index (χ0) is 14.5. The Hall–Kier alpha value is -2.60. The van der Waals surface area contributed by atoms with Crippen molar-refractivity contribution in [1.29, 1.82) is 0 Å². The van der Waals surface area contributed by atoms with Gasteiger partial charge in [-0.2, -0.15) is 4.98 Å². The Kier molecular flexibility index (Phi) is 3.97. The van der Waals surface area contributed by atoms with Crippen molar-refractivity contribution in [1.82, 2.24) is 20.1 Å². The fourth-order valence-electron chi connectivity index (χ4n) is 1.95. The highest BCUT2D eigenvalue weighted by Crippen LogP contribution is 2.12. The lowest BCUT2D eigenvalue weighted by atomic mass is 10.3. The van der Waals surface area contributed by atoms with Crippen LogP contribution in [0.25, 0.3) is 5.69 Å². The summed E-state index contributed by atoms with van der Waals surface area (Å²) in [6, 6.07) is 12.0. The van der Waals surface area contributed by atoms with E-state index in [1.54, 1.807) is 17.3 Å². The molecule has 0 spiro atoms. The van der Waals surface area contributed by atoms with E-state index in [9.17, 15) is 0 Å². The molecule has 3 rings (SSSR count). The molecule has 1 aromatic carbocycles. The summed E-state index contributed by atoms with van der Waals surface area (Å²) < 4.78 is 12.6. The third-order valence-electron chi connectivity index (χ3n) is 2.92. The van der Waals surface area contributed by atoms with Crippen LogP contribution in [0.15, 0.2) is 53.4 Å². The number of para-hydroxylation sites is 1. The van der Waals surface area contributed by atoms with E-state index in [0.29, 0.717) is 12.6 Å². The van der Waals surface area contributed by atoms with Gasteiger partial charge in [0.2, 0.25) is 0 Å². The normalized spacial score (nSPS) is 10.7. The van der Waals surface area contributed by atoms with Crippen molar-refractivity contribution in [2.75, 3.05) is 7.05 Å². The molecular formula is C15H16N4O2. The predicted molar refractivity (Wildman–Crippen MR) is 77.2 cm³/mol. The Balaban J connectivity index is 1.62. The number of aromatic nitrogens is 3. The average molecular weight is 284 g/mol. The molecule has 0 aliphatic heterocycles. The van der Waals surface area contributed by atoms with Crippen molar-refractivity contribution in [3.05, 3.63) is 60.3 Å². The van der Waals surface area contributed by atoms with Gasteiger partial charge in [-0.1, -0.05) is 18.2 Å². The summed E-state index contributed by atoms with van der Waals surface area (Å²) in [7, 11) is 1.89. The molecule has 6 heteroatoms. The SMILES string of the molecule is CNCc1coc(COc2ncn(-c3ccccc3)n2)c1. The monoisotopic (exact) mass is 284 g/mol. The molecule has 0 saturated heterocycles. The van der Waals surface area contributed by atoms with Crippen LogP contribution < -0.4 is 10.1 Å². The lowest BCUT2D eigenvalue weighted by Gasteiger charge is -1.99. The van der Waals surface area contributed by atoms with Crippen LogP contribution in [0.1, 0.15) is 11.3 Å². The second-order valence-corrected chi connectivity index (χ2v) is 4.55. The van der Waals surface area contributed by atoms with Crippen LogP contribution in [0.4, 0.5) is 0 Å². The van der Waals surface area contributed by atoms with Gasteiger partial charge in [0, 0.05) is 12.1 Å². The minimum Gasteiger partial charge on any atom is -0.465 e. The number of benzene rings is 1. The summed E-state index contributed by atoms with van der Waals surface area (Å²) in [5.74, 6) is 0.747. The summed E-state index contributed by atoms with van der Waals surface area (Å²) in [4.78, 5) is 4.13. The number of furan rings is 1. The van der Waals surface area contributed by atoms with Crippen molar-refractivity contribution >= 4 is 0 Å². The lowest BCUT2D eigenvalue weighted by Crippen LogP contribution is -2.03. The minimum atomic E-state index is 0.308. The Bertz CT molecular complexity index is 691. The smallest absolute Gasteiger partial charge is 0.336 e. The topological polar surface area (TPSA) is 65.1 Å². The molecule has 0 amide bonds. The molecule has 0 aliphatic carbocycles. The molecule has 6 nitrogen and oxygen atoms in total. The fourth-order valence-corrected chi connectivity index (χ4v) is 1.95. The summed E-state index contributed by atoms with van der Waals surface area (Å²) >= 11 is 0. The van der Waals surface area contributed by atoms with Crippen molar-refractivity contribution in [3.63, 3.8) is 0 Å². The van der Waals surface area contributed by atoms with E-state index in [1.165, 1.54) is 0 Å². The lowest BCUT2D eigenvalue weighted by molar-refractivity contribution is 0.250. The van der Waals surface area contributed by atoms with E-state index >= 15 is 0 Å². The summed E-state index contributed by atoms with van der Waals surface area (Å²) in [6.07, 6.45) is 3.34. The van der Waals surface area contributed by atoms with Crippen molar-refractivity contribution in [2.24, 2.45) is 0 Å². The molecule has 0 atom stereocenters. The van der Waals surface area contributed by atoms with Gasteiger partial charge in [-0.15, -0.1) is 5.10 Å². The molecule has 0 radical (unpaired) electrons. The van der Waals surface area contributed by atoms with E-state index < -0.39 is 0 Å². The van der Waals surface area contributed by atoms with E-state index in [2.05, 4.69) is 15.4 Å². The Labute approximate surface area is 122 Å². The number of hydrogen-bond acceptors (Lipinski definition) is 5. The first-order valence-corrected chi connectivity index (χ1v) is 6.66. The van der Waals surface area contributed by atoms with Crippen molar-refractivity contribution in [3.8, 4) is 11.7 Å². The number of nitrogens with one attached hydrogen (secondary N) is 1. The first-order chi connectivity index (χ1) is 10.3. The highest BCUT2D eigenvalue weighted by atomic mass is 16.5. The second kappa shape index (κ2) is 6.23. The third-order valence-corrected chi connectivity index (χ3v) is 2.92. The van der Waals surface area contributed by atoms with Gasteiger partial charge in [0.15, 0.2) is 0 Å². The van der Waals surface area contributed by atoms with Gasteiger partial charge >= 0.3 is 6.01 Å². The number of rotatable bonds is 6. The molecule has 0 unspecified atom stereocenters. The van der Waals surface area contributed by atoms with Crippen LogP contribution in [0.2, 0.25) is 0 Å². The van der Waals surface area contributed by atoms with Gasteiger partial charge in [0.25, 0.3) is 0 Å². The van der Waals surface area contributed by atoms with Crippen LogP contribution in [0, 0.1) is 0 Å². The molecule has 2 aromatic heterocycles. The average Bonchev–Trinajstić information content (AvgIpc) is 3.16. The van der Waals surface area contributed by atoms with E-state index in [1.807, 2.05) is 43.4 Å². The third kappa shape index (κ3) is 3.29. The van der Waals surface area contributed by atoms with Crippen LogP contribution in [0.5, 0.6) is 6.01 Å². The van der Waals surface area contributed by atoms with Gasteiger partial charge in [0.1, 0.15) is 18.7 Å². The minimum absolute atomic E-state index is 0.308. The summed E-state index contributed by atoms with van der Waals surface area (Å²) in [6.45, 7) is 1.08. The van der Waals surface area contributed by atoms with E-state index in [-0.39, 0.29) is 0 Å². The number of hydrogen-bond donors (Lipinski definition) is 1. The van der Waals surface area contributed by atoms with Crippen molar-refractivity contribution in [2.45, 2.75) is 13.2 Å². The van der Waals surface area contributed by atoms with Crippen molar-refractivity contribution < 1.29 is 9.15 Å². The molecule has 2 heterocycles. The van der Waals surface area contributed by atoms with Crippen LogP contribution in [0.3, 0.4) is 0 Å². The fraction of sp³-hybridized carbons (Fsp3) is 0.200. The van der Waals surface area contributed by atoms with Gasteiger partial charge in [0.05, 0.1) is 12.0 Å². The number of nitrogens with zero attached hydrogens (tertiary/aromatic N) is 3. The number of ether oxygens (including phenoxy) is 1. The maximum absolute atomic E-state index is 5.53. The Morgan fingerprint density at radius 2 is 2.14 bits per heavy atom. The van der Waals surface area contributed by atoms with Gasteiger partial charge in [-0.05, 0) is 25.2 Å². The molecule has 0 saturated carbocycles. The maximum atomic E-state index is 5.53. The zero-order valence-electron chi connectivity index (χ0n) is 11.7.